The maximum Gasteiger partial charge on any atom is 0.324 e. The van der Waals surface area contributed by atoms with Gasteiger partial charge in [0.25, 0.3) is 0 Å². The summed E-state index contributed by atoms with van der Waals surface area (Å²) in [6.45, 7) is 22.5. The predicted molar refractivity (Wildman–Crippen MR) is 280 cm³/mol. The van der Waals surface area contributed by atoms with Crippen molar-refractivity contribution in [3.05, 3.63) is 90.3 Å². The number of ether oxygens (including phenoxy) is 2. The van der Waals surface area contributed by atoms with Crippen molar-refractivity contribution in [3.63, 3.8) is 0 Å². The van der Waals surface area contributed by atoms with E-state index in [2.05, 4.69) is 79.1 Å². The Bertz CT molecular complexity index is 2710. The fraction of sp³-hybridized carbons (Fsp3) is 0.552. The maximum atomic E-state index is 14.8. The summed E-state index contributed by atoms with van der Waals surface area (Å²) in [4.78, 5) is 78.7. The van der Waals surface area contributed by atoms with Crippen LogP contribution in [0.1, 0.15) is 110 Å². The summed E-state index contributed by atoms with van der Waals surface area (Å²) >= 11 is 0. The van der Waals surface area contributed by atoms with E-state index >= 15 is 0 Å². The zero-order chi connectivity index (χ0) is 51.9. The summed E-state index contributed by atoms with van der Waals surface area (Å²) in [6, 6.07) is 17.6. The van der Waals surface area contributed by atoms with Crippen LogP contribution in [0.5, 0.6) is 0 Å². The van der Waals surface area contributed by atoms with Crippen molar-refractivity contribution in [1.29, 1.82) is 0 Å². The zero-order valence-electron chi connectivity index (χ0n) is 44.3. The van der Waals surface area contributed by atoms with Gasteiger partial charge in [0.15, 0.2) is 0 Å². The van der Waals surface area contributed by atoms with E-state index in [9.17, 15) is 24.0 Å². The zero-order valence-corrected chi connectivity index (χ0v) is 44.3. The first kappa shape index (κ1) is 52.5. The Morgan fingerprint density at radius 1 is 1.03 bits per heavy atom. The molecule has 72 heavy (non-hydrogen) atoms. The third-order valence-electron chi connectivity index (χ3n) is 16.0. The number of carbonyl (C=O) groups excluding carboxylic acids is 5. The average Bonchev–Trinajstić information content (AvgIpc) is 4.05. The molecule has 386 valence electrons. The van der Waals surface area contributed by atoms with E-state index in [0.717, 1.165) is 69.5 Å². The minimum Gasteiger partial charge on any atom is -0.464 e. The summed E-state index contributed by atoms with van der Waals surface area (Å²) in [6.07, 6.45) is 7.07. The molecule has 4 aromatic rings. The molecule has 1 aliphatic carbocycles. The largest absolute Gasteiger partial charge is 0.464 e. The molecule has 3 fully saturated rings. The number of esters is 1. The van der Waals surface area contributed by atoms with Crippen LogP contribution in [0.3, 0.4) is 0 Å². The summed E-state index contributed by atoms with van der Waals surface area (Å²) < 4.78 is 14.4. The quantitative estimate of drug-likeness (QED) is 0.105. The summed E-state index contributed by atoms with van der Waals surface area (Å²) in [5.41, 5.74) is 10.1. The van der Waals surface area contributed by atoms with Crippen LogP contribution >= 0.6 is 0 Å². The van der Waals surface area contributed by atoms with Crippen LogP contribution in [0.4, 0.5) is 0 Å². The number of carbonyl (C=O) groups is 5. The number of cyclic esters (lactones) is 1. The Morgan fingerprint density at radius 2 is 1.78 bits per heavy atom. The van der Waals surface area contributed by atoms with Crippen LogP contribution in [0.25, 0.3) is 33.3 Å². The molecule has 5 atom stereocenters. The molecule has 1 saturated carbocycles. The number of benzene rings is 2. The van der Waals surface area contributed by atoms with Crippen LogP contribution in [0.2, 0.25) is 0 Å². The van der Waals surface area contributed by atoms with E-state index in [1.54, 1.807) is 24.1 Å². The molecule has 2 aromatic heterocycles. The second kappa shape index (κ2) is 20.9. The number of hydrazine groups is 1. The Kier molecular flexibility index (Phi) is 15.3. The molecule has 2 aromatic carbocycles. The molecular formula is C58H77N7O7. The minimum atomic E-state index is -0.751. The normalized spacial score (nSPS) is 22.5. The number of likely N-dealkylation sites (N-methyl/N-ethyl adjacent to an activating group) is 1. The molecule has 2 saturated heterocycles. The third-order valence-corrected chi connectivity index (χ3v) is 16.0. The molecule has 4 aliphatic rings. The van der Waals surface area contributed by atoms with E-state index < -0.39 is 34.8 Å². The number of pyridine rings is 1. The van der Waals surface area contributed by atoms with E-state index in [0.29, 0.717) is 51.7 Å². The molecule has 8 rings (SSSR count). The van der Waals surface area contributed by atoms with Gasteiger partial charge in [0.2, 0.25) is 23.6 Å². The number of methoxy groups -OCH3 is 1. The van der Waals surface area contributed by atoms with Gasteiger partial charge in [-0.1, -0.05) is 78.5 Å². The molecule has 6 bridgehead atoms. The van der Waals surface area contributed by atoms with Gasteiger partial charge in [0, 0.05) is 86.3 Å². The number of rotatable bonds is 12. The lowest BCUT2D eigenvalue weighted by Crippen LogP contribution is -2.61. The van der Waals surface area contributed by atoms with Crippen LogP contribution in [0, 0.1) is 34.0 Å². The smallest absolute Gasteiger partial charge is 0.324 e. The lowest BCUT2D eigenvalue weighted by Gasteiger charge is -2.50. The average molecular weight is 984 g/mol. The second-order valence-electron chi connectivity index (χ2n) is 22.9. The summed E-state index contributed by atoms with van der Waals surface area (Å²) in [7, 11) is 3.43. The highest BCUT2D eigenvalue weighted by atomic mass is 16.5. The monoisotopic (exact) mass is 984 g/mol. The number of hydrogen-bond donors (Lipinski definition) is 2. The van der Waals surface area contributed by atoms with E-state index in [1.807, 2.05) is 63.9 Å². The van der Waals surface area contributed by atoms with Crippen molar-refractivity contribution in [2.24, 2.45) is 34.0 Å². The van der Waals surface area contributed by atoms with Gasteiger partial charge in [-0.3, -0.25) is 34.0 Å². The van der Waals surface area contributed by atoms with Gasteiger partial charge in [0.1, 0.15) is 12.1 Å². The van der Waals surface area contributed by atoms with Gasteiger partial charge in [0.05, 0.1) is 30.0 Å². The van der Waals surface area contributed by atoms with Crippen molar-refractivity contribution in [3.8, 4) is 22.4 Å². The predicted octanol–water partition coefficient (Wildman–Crippen LogP) is 8.32. The van der Waals surface area contributed by atoms with Gasteiger partial charge >= 0.3 is 5.97 Å². The number of hydrogen-bond acceptors (Lipinski definition) is 9. The molecule has 14 nitrogen and oxygen atoms in total. The minimum absolute atomic E-state index is 0.0816. The molecule has 14 heteroatoms. The highest BCUT2D eigenvalue weighted by Gasteiger charge is 2.62. The Hall–Kier alpha value is -5.86. The van der Waals surface area contributed by atoms with Crippen LogP contribution < -0.4 is 10.7 Å². The number of likely N-dealkylation sites (tertiary alicyclic amines) is 1. The fourth-order valence-corrected chi connectivity index (χ4v) is 12.3. The first-order chi connectivity index (χ1) is 34.2. The van der Waals surface area contributed by atoms with E-state index in [4.69, 9.17) is 14.5 Å². The van der Waals surface area contributed by atoms with Crippen molar-refractivity contribution < 1.29 is 33.4 Å². The van der Waals surface area contributed by atoms with Crippen molar-refractivity contribution in [1.82, 2.24) is 35.1 Å². The van der Waals surface area contributed by atoms with Gasteiger partial charge in [-0.05, 0) is 123 Å². The van der Waals surface area contributed by atoms with E-state index in [-0.39, 0.29) is 60.1 Å². The Labute approximate surface area is 426 Å². The Balaban J connectivity index is 1.09. The van der Waals surface area contributed by atoms with Crippen molar-refractivity contribution in [2.75, 3.05) is 46.9 Å². The summed E-state index contributed by atoms with van der Waals surface area (Å²) in [5, 5.41) is 5.83. The highest BCUT2D eigenvalue weighted by molar-refractivity contribution is 5.96. The maximum absolute atomic E-state index is 14.8. The molecule has 1 spiro atoms. The number of fused-ring (bicyclic) bond motifs is 6. The SMILES string of the molecule is C=CC(=O)N1CC(C)(C)[C@H](C(=O)N(C)[C@H](C(=O)NCC[C@H]2Cc3cccc(c3)-c3ccc4c(c3)c(c(-c3cccnc3[C@H](C)OC)n4CC)CC(C)(C)COC(=O)[C@@H]3CCCN(N3)C2=O)C(C)C)C2(CC2)C1. The number of nitrogens with one attached hydrogen (secondary N) is 2. The first-order valence-electron chi connectivity index (χ1n) is 26.2. The topological polar surface area (TPSA) is 155 Å². The number of aryl methyl sites for hydroxylation is 1. The molecule has 2 N–H and O–H groups in total. The standard InChI is InChI=1S/C58H77N7O7/c1-12-47(66)63-33-57(8,9)51(58(34-63)24-25-58)54(69)62(10)49(36(3)4)52(67)60-27-23-41-30-38-17-14-18-39(29-38)40-21-22-46-43(31-40)44(50(64(46)13-2)42-19-15-26-59-48(42)37(5)71-11)32-56(6,7)35-72-55(70)45-20-16-28-65(61-45)53(41)68/h12,14-15,17-19,21-22,26,29,31,36-37,41,45,49,51,61H,1,13,16,20,23-25,27-28,30,32-35H2,2-11H3,(H,60,67)/t37-,41-,45-,49-,51-/m0/s1. The highest BCUT2D eigenvalue weighted by Crippen LogP contribution is 2.61. The van der Waals surface area contributed by atoms with Crippen molar-refractivity contribution in [2.45, 2.75) is 125 Å². The van der Waals surface area contributed by atoms with E-state index in [1.165, 1.54) is 6.08 Å². The summed E-state index contributed by atoms with van der Waals surface area (Å²) in [5.74, 6) is -2.15. The lowest BCUT2D eigenvalue weighted by molar-refractivity contribution is -0.156. The van der Waals surface area contributed by atoms with Gasteiger partial charge in [-0.15, -0.1) is 0 Å². The lowest BCUT2D eigenvalue weighted by atomic mass is 9.65. The van der Waals surface area contributed by atoms with Gasteiger partial charge < -0.3 is 29.2 Å². The fourth-order valence-electron chi connectivity index (χ4n) is 12.3. The Morgan fingerprint density at radius 3 is 2.47 bits per heavy atom. The molecule has 3 aliphatic heterocycles. The number of piperidine rings is 1. The first-order valence-corrected chi connectivity index (χ1v) is 26.2. The molecule has 0 unspecified atom stereocenters. The number of amides is 4. The number of nitrogens with zero attached hydrogens (tertiary/aromatic N) is 5. The van der Waals surface area contributed by atoms with Crippen LogP contribution in [-0.4, -0.2) is 113 Å². The third kappa shape index (κ3) is 10.5. The van der Waals surface area contributed by atoms with Gasteiger partial charge in [-0.25, -0.2) is 5.43 Å². The second-order valence-corrected chi connectivity index (χ2v) is 22.9. The van der Waals surface area contributed by atoms with Crippen LogP contribution in [-0.2, 0) is 52.8 Å². The molecule has 0 radical (unpaired) electrons. The van der Waals surface area contributed by atoms with Crippen LogP contribution in [0.15, 0.2) is 73.4 Å². The number of aromatic nitrogens is 2. The molecule has 5 heterocycles. The molecular weight excluding hydrogens is 907 g/mol. The van der Waals surface area contributed by atoms with Gasteiger partial charge in [-0.2, -0.15) is 0 Å². The van der Waals surface area contributed by atoms with Crippen molar-refractivity contribution >= 4 is 40.5 Å². The molecule has 4 amide bonds.